The smallest absolute Gasteiger partial charge is 0.372 e. The van der Waals surface area contributed by atoms with E-state index in [2.05, 4.69) is 5.32 Å². The third-order valence-corrected chi connectivity index (χ3v) is 2.90. The first kappa shape index (κ1) is 12.7. The van der Waals surface area contributed by atoms with Gasteiger partial charge in [0.25, 0.3) is 0 Å². The normalized spacial score (nSPS) is 10.5. The van der Waals surface area contributed by atoms with Crippen LogP contribution in [0.1, 0.15) is 21.7 Å². The van der Waals surface area contributed by atoms with Crippen LogP contribution in [-0.4, -0.2) is 11.1 Å². The average molecular weight is 266 g/mol. The largest absolute Gasteiger partial charge is 0.475 e. The molecule has 1 aromatic heterocycles. The summed E-state index contributed by atoms with van der Waals surface area (Å²) in [5.74, 6) is -1.09. The summed E-state index contributed by atoms with van der Waals surface area (Å²) in [5.41, 5.74) is 1.59. The Morgan fingerprint density at radius 2 is 1.94 bits per heavy atom. The van der Waals surface area contributed by atoms with Crippen LogP contribution in [0.2, 0.25) is 5.02 Å². The van der Waals surface area contributed by atoms with Crippen molar-refractivity contribution in [3.05, 3.63) is 58.5 Å². The number of carbonyl (C=O) groups is 1. The van der Waals surface area contributed by atoms with Gasteiger partial charge >= 0.3 is 5.97 Å². The lowest BCUT2D eigenvalue weighted by molar-refractivity contribution is 0.0660. The van der Waals surface area contributed by atoms with Crippen molar-refractivity contribution in [3.8, 4) is 0 Å². The predicted octanol–water partition coefficient (Wildman–Crippen LogP) is 2.92. The summed E-state index contributed by atoms with van der Waals surface area (Å²) >= 11 is 6.01. The van der Waals surface area contributed by atoms with Crippen LogP contribution < -0.4 is 5.32 Å². The fourth-order valence-electron chi connectivity index (χ4n) is 1.64. The first-order valence-electron chi connectivity index (χ1n) is 5.42. The number of aromatic carboxylic acids is 1. The quantitative estimate of drug-likeness (QED) is 0.873. The number of carboxylic acid groups (broad SMARTS) is 1. The number of benzene rings is 1. The molecule has 1 heterocycles. The summed E-state index contributed by atoms with van der Waals surface area (Å²) < 4.78 is 4.89. The van der Waals surface area contributed by atoms with Gasteiger partial charge in [-0.2, -0.15) is 0 Å². The first-order valence-corrected chi connectivity index (χ1v) is 5.80. The summed E-state index contributed by atoms with van der Waals surface area (Å²) in [6.07, 6.45) is 1.37. The van der Waals surface area contributed by atoms with Crippen LogP contribution in [0.15, 0.2) is 41.0 Å². The molecule has 4 nitrogen and oxygen atoms in total. The number of halogens is 1. The van der Waals surface area contributed by atoms with Gasteiger partial charge < -0.3 is 14.8 Å². The van der Waals surface area contributed by atoms with E-state index in [1.54, 1.807) is 6.07 Å². The minimum Gasteiger partial charge on any atom is -0.475 e. The second-order valence-corrected chi connectivity index (χ2v) is 4.18. The van der Waals surface area contributed by atoms with E-state index >= 15 is 0 Å². The number of carboxylic acids is 1. The lowest BCUT2D eigenvalue weighted by Crippen LogP contribution is -2.14. The van der Waals surface area contributed by atoms with Gasteiger partial charge in [-0.05, 0) is 17.7 Å². The fraction of sp³-hybridized carbons (Fsp3) is 0.154. The molecule has 0 amide bonds. The summed E-state index contributed by atoms with van der Waals surface area (Å²) in [4.78, 5) is 10.8. The number of furan rings is 1. The molecule has 1 aromatic carbocycles. The fourth-order valence-corrected chi connectivity index (χ4v) is 1.84. The van der Waals surface area contributed by atoms with Crippen LogP contribution in [0.3, 0.4) is 0 Å². The van der Waals surface area contributed by atoms with Crippen molar-refractivity contribution in [1.29, 1.82) is 0 Å². The van der Waals surface area contributed by atoms with Crippen molar-refractivity contribution in [3.63, 3.8) is 0 Å². The Bertz CT molecular complexity index is 551. The molecule has 5 heteroatoms. The van der Waals surface area contributed by atoms with Crippen LogP contribution in [0.4, 0.5) is 0 Å². The van der Waals surface area contributed by atoms with Crippen LogP contribution in [-0.2, 0) is 13.1 Å². The van der Waals surface area contributed by atoms with Gasteiger partial charge in [-0.3, -0.25) is 0 Å². The lowest BCUT2D eigenvalue weighted by atomic mass is 10.2. The van der Waals surface area contributed by atoms with Crippen LogP contribution in [0.5, 0.6) is 0 Å². The Morgan fingerprint density at radius 1 is 1.22 bits per heavy atom. The SMILES string of the molecule is O=C(O)c1occc1CNCc1ccccc1Cl. The molecule has 0 radical (unpaired) electrons. The Labute approximate surface area is 109 Å². The van der Waals surface area contributed by atoms with Gasteiger partial charge in [-0.1, -0.05) is 29.8 Å². The van der Waals surface area contributed by atoms with E-state index in [9.17, 15) is 4.79 Å². The molecule has 94 valence electrons. The maximum absolute atomic E-state index is 10.8. The maximum Gasteiger partial charge on any atom is 0.372 e. The van der Waals surface area contributed by atoms with Gasteiger partial charge in [0.05, 0.1) is 6.26 Å². The van der Waals surface area contributed by atoms with Gasteiger partial charge in [-0.15, -0.1) is 0 Å². The van der Waals surface area contributed by atoms with E-state index in [0.717, 1.165) is 5.56 Å². The predicted molar refractivity (Wildman–Crippen MR) is 67.7 cm³/mol. The standard InChI is InChI=1S/C13H12ClNO3/c14-11-4-2-1-3-9(11)7-15-8-10-5-6-18-12(10)13(16)17/h1-6,15H,7-8H2,(H,16,17). The first-order chi connectivity index (χ1) is 8.68. The second-order valence-electron chi connectivity index (χ2n) is 3.78. The number of rotatable bonds is 5. The van der Waals surface area contributed by atoms with Crippen molar-refractivity contribution in [2.45, 2.75) is 13.1 Å². The molecular weight excluding hydrogens is 254 g/mol. The average Bonchev–Trinajstić information content (AvgIpc) is 2.80. The van der Waals surface area contributed by atoms with Gasteiger partial charge in [0, 0.05) is 23.7 Å². The van der Waals surface area contributed by atoms with Gasteiger partial charge in [-0.25, -0.2) is 4.79 Å². The Hall–Kier alpha value is -1.78. The summed E-state index contributed by atoms with van der Waals surface area (Å²) in [5, 5.41) is 12.7. The van der Waals surface area contributed by atoms with Gasteiger partial charge in [0.2, 0.25) is 5.76 Å². The molecule has 0 atom stereocenters. The molecule has 18 heavy (non-hydrogen) atoms. The van der Waals surface area contributed by atoms with E-state index in [0.29, 0.717) is 23.7 Å². The highest BCUT2D eigenvalue weighted by atomic mass is 35.5. The van der Waals surface area contributed by atoms with Crippen molar-refractivity contribution >= 4 is 17.6 Å². The van der Waals surface area contributed by atoms with E-state index in [1.165, 1.54) is 6.26 Å². The molecule has 0 aliphatic carbocycles. The van der Waals surface area contributed by atoms with Crippen molar-refractivity contribution in [2.75, 3.05) is 0 Å². The zero-order valence-electron chi connectivity index (χ0n) is 9.52. The number of hydrogen-bond donors (Lipinski definition) is 2. The zero-order chi connectivity index (χ0) is 13.0. The molecule has 2 N–H and O–H groups in total. The minimum absolute atomic E-state index is 0.0262. The van der Waals surface area contributed by atoms with E-state index in [4.69, 9.17) is 21.1 Å². The highest BCUT2D eigenvalue weighted by Gasteiger charge is 2.13. The van der Waals surface area contributed by atoms with E-state index < -0.39 is 5.97 Å². The zero-order valence-corrected chi connectivity index (χ0v) is 10.3. The van der Waals surface area contributed by atoms with Crippen LogP contribution >= 0.6 is 11.6 Å². The molecule has 2 aromatic rings. The Kier molecular flexibility index (Phi) is 4.02. The molecule has 0 aliphatic heterocycles. The topological polar surface area (TPSA) is 62.5 Å². The third-order valence-electron chi connectivity index (χ3n) is 2.53. The summed E-state index contributed by atoms with van der Waals surface area (Å²) in [6, 6.07) is 9.15. The Balaban J connectivity index is 1.95. The molecule has 2 rings (SSSR count). The molecule has 0 spiro atoms. The highest BCUT2D eigenvalue weighted by Crippen LogP contribution is 2.15. The van der Waals surface area contributed by atoms with Crippen molar-refractivity contribution in [2.24, 2.45) is 0 Å². The second kappa shape index (κ2) is 5.71. The van der Waals surface area contributed by atoms with Crippen LogP contribution in [0.25, 0.3) is 0 Å². The maximum atomic E-state index is 10.8. The molecule has 0 bridgehead atoms. The monoisotopic (exact) mass is 265 g/mol. The molecule has 0 aliphatic rings. The number of hydrogen-bond acceptors (Lipinski definition) is 3. The van der Waals surface area contributed by atoms with E-state index in [1.807, 2.05) is 24.3 Å². The van der Waals surface area contributed by atoms with Crippen molar-refractivity contribution < 1.29 is 14.3 Å². The van der Waals surface area contributed by atoms with Gasteiger partial charge in [0.15, 0.2) is 0 Å². The molecule has 0 unspecified atom stereocenters. The molecule has 0 fully saturated rings. The van der Waals surface area contributed by atoms with Crippen molar-refractivity contribution in [1.82, 2.24) is 5.32 Å². The summed E-state index contributed by atoms with van der Waals surface area (Å²) in [7, 11) is 0. The van der Waals surface area contributed by atoms with Crippen LogP contribution in [0, 0.1) is 0 Å². The number of nitrogens with one attached hydrogen (secondary N) is 1. The lowest BCUT2D eigenvalue weighted by Gasteiger charge is -2.05. The molecule has 0 saturated carbocycles. The highest BCUT2D eigenvalue weighted by molar-refractivity contribution is 6.31. The summed E-state index contributed by atoms with van der Waals surface area (Å²) in [6.45, 7) is 0.993. The minimum atomic E-state index is -1.06. The van der Waals surface area contributed by atoms with Gasteiger partial charge in [0.1, 0.15) is 0 Å². The molecular formula is C13H12ClNO3. The Morgan fingerprint density at radius 3 is 2.67 bits per heavy atom. The van der Waals surface area contributed by atoms with E-state index in [-0.39, 0.29) is 5.76 Å². The molecule has 0 saturated heterocycles. The third kappa shape index (κ3) is 2.91.